The number of amides is 1. The Hall–Kier alpha value is -3.69. The van der Waals surface area contributed by atoms with Crippen molar-refractivity contribution in [2.24, 2.45) is 5.10 Å². The van der Waals surface area contributed by atoms with E-state index >= 15 is 0 Å². The number of hydrogen-bond donors (Lipinski definition) is 1. The number of hydrazone groups is 1. The molecule has 10 heteroatoms. The van der Waals surface area contributed by atoms with Crippen LogP contribution in [0.3, 0.4) is 0 Å². The molecule has 1 amide bonds. The van der Waals surface area contributed by atoms with E-state index in [-0.39, 0.29) is 17.3 Å². The first-order chi connectivity index (χ1) is 16.4. The highest BCUT2D eigenvalue weighted by Crippen LogP contribution is 2.27. The first-order valence-electron chi connectivity index (χ1n) is 10.3. The van der Waals surface area contributed by atoms with Crippen molar-refractivity contribution in [3.63, 3.8) is 0 Å². The lowest BCUT2D eigenvalue weighted by atomic mass is 10.1. The number of thioether (sulfide) groups is 1. The summed E-state index contributed by atoms with van der Waals surface area (Å²) in [5.41, 5.74) is 6.51. The number of halogens is 1. The highest BCUT2D eigenvalue weighted by Gasteiger charge is 2.14. The van der Waals surface area contributed by atoms with Gasteiger partial charge in [-0.05, 0) is 48.4 Å². The Balaban J connectivity index is 1.45. The van der Waals surface area contributed by atoms with Gasteiger partial charge in [-0.3, -0.25) is 14.9 Å². The molecule has 0 saturated heterocycles. The fraction of sp³-hybridized carbons (Fsp3) is 0.125. The van der Waals surface area contributed by atoms with Crippen LogP contribution in [0.2, 0.25) is 5.02 Å². The number of aromatic nitrogens is 2. The minimum absolute atomic E-state index is 0.00309. The SMILES string of the molecule is C/C(=N/NC(=O)CSc1nc2ccccc2n1Cc1ccccc1Cl)c1ccc([N+](=O)[O-])cc1. The number of hydrogen-bond acceptors (Lipinski definition) is 6. The largest absolute Gasteiger partial charge is 0.314 e. The second-order valence-corrected chi connectivity index (χ2v) is 8.74. The molecule has 0 aliphatic heterocycles. The van der Waals surface area contributed by atoms with Gasteiger partial charge in [0.05, 0.1) is 34.0 Å². The number of nitro benzene ring substituents is 1. The summed E-state index contributed by atoms with van der Waals surface area (Å²) in [5, 5.41) is 16.3. The van der Waals surface area contributed by atoms with Gasteiger partial charge in [-0.15, -0.1) is 0 Å². The molecule has 0 aliphatic rings. The van der Waals surface area contributed by atoms with Crippen molar-refractivity contribution < 1.29 is 9.72 Å². The van der Waals surface area contributed by atoms with E-state index in [1.54, 1.807) is 19.1 Å². The van der Waals surface area contributed by atoms with Gasteiger partial charge in [0.25, 0.3) is 11.6 Å². The number of fused-ring (bicyclic) bond motifs is 1. The van der Waals surface area contributed by atoms with Crippen LogP contribution in [0.15, 0.2) is 83.1 Å². The van der Waals surface area contributed by atoms with Gasteiger partial charge in [-0.2, -0.15) is 5.10 Å². The maximum Gasteiger partial charge on any atom is 0.269 e. The molecule has 8 nitrogen and oxygen atoms in total. The third-order valence-electron chi connectivity index (χ3n) is 5.08. The summed E-state index contributed by atoms with van der Waals surface area (Å²) in [6.07, 6.45) is 0. The van der Waals surface area contributed by atoms with E-state index in [0.29, 0.717) is 28.0 Å². The lowest BCUT2D eigenvalue weighted by Gasteiger charge is -2.10. The van der Waals surface area contributed by atoms with Crippen LogP contribution in [0.4, 0.5) is 5.69 Å². The van der Waals surface area contributed by atoms with Gasteiger partial charge in [-0.25, -0.2) is 10.4 Å². The fourth-order valence-corrected chi connectivity index (χ4v) is 4.31. The zero-order valence-corrected chi connectivity index (χ0v) is 19.7. The third-order valence-corrected chi connectivity index (χ3v) is 6.43. The van der Waals surface area contributed by atoms with Crippen LogP contribution in [0.25, 0.3) is 11.0 Å². The molecule has 0 radical (unpaired) electrons. The summed E-state index contributed by atoms with van der Waals surface area (Å²) in [6, 6.07) is 21.4. The van der Waals surface area contributed by atoms with E-state index in [0.717, 1.165) is 16.6 Å². The average molecular weight is 494 g/mol. The molecule has 0 unspecified atom stereocenters. The molecule has 1 N–H and O–H groups in total. The highest BCUT2D eigenvalue weighted by atomic mass is 35.5. The zero-order valence-electron chi connectivity index (χ0n) is 18.1. The number of carbonyl (C=O) groups is 1. The minimum Gasteiger partial charge on any atom is -0.314 e. The predicted molar refractivity (Wildman–Crippen MR) is 134 cm³/mol. The number of nitrogens with one attached hydrogen (secondary N) is 1. The van der Waals surface area contributed by atoms with Crippen molar-refractivity contribution in [2.45, 2.75) is 18.6 Å². The molecule has 0 spiro atoms. The van der Waals surface area contributed by atoms with Crippen LogP contribution in [0.5, 0.6) is 0 Å². The Kier molecular flexibility index (Phi) is 7.24. The monoisotopic (exact) mass is 493 g/mol. The molecule has 0 saturated carbocycles. The van der Waals surface area contributed by atoms with Gasteiger partial charge in [0.1, 0.15) is 0 Å². The molecule has 0 bridgehead atoms. The summed E-state index contributed by atoms with van der Waals surface area (Å²) < 4.78 is 2.04. The van der Waals surface area contributed by atoms with Crippen molar-refractivity contribution >= 4 is 51.7 Å². The normalized spacial score (nSPS) is 11.5. The molecule has 0 atom stereocenters. The van der Waals surface area contributed by atoms with E-state index < -0.39 is 4.92 Å². The van der Waals surface area contributed by atoms with Crippen LogP contribution in [-0.4, -0.2) is 31.8 Å². The average Bonchev–Trinajstić information content (AvgIpc) is 3.20. The third kappa shape index (κ3) is 5.44. The number of nitro groups is 1. The number of imidazole rings is 1. The van der Waals surface area contributed by atoms with E-state index in [2.05, 4.69) is 15.5 Å². The van der Waals surface area contributed by atoms with E-state index in [1.807, 2.05) is 53.1 Å². The number of rotatable bonds is 8. The Morgan fingerprint density at radius 2 is 1.82 bits per heavy atom. The van der Waals surface area contributed by atoms with Crippen LogP contribution in [0, 0.1) is 10.1 Å². The van der Waals surface area contributed by atoms with Crippen molar-refractivity contribution in [1.82, 2.24) is 15.0 Å². The Bertz CT molecular complexity index is 1390. The summed E-state index contributed by atoms with van der Waals surface area (Å²) in [4.78, 5) is 27.5. The lowest BCUT2D eigenvalue weighted by molar-refractivity contribution is -0.384. The molecule has 1 aromatic heterocycles. The molecular weight excluding hydrogens is 474 g/mol. The van der Waals surface area contributed by atoms with Crippen LogP contribution >= 0.6 is 23.4 Å². The maximum atomic E-state index is 12.4. The number of non-ortho nitro benzene ring substituents is 1. The Morgan fingerprint density at radius 1 is 1.12 bits per heavy atom. The van der Waals surface area contributed by atoms with Crippen LogP contribution in [-0.2, 0) is 11.3 Å². The fourth-order valence-electron chi connectivity index (χ4n) is 3.31. The van der Waals surface area contributed by atoms with Gasteiger partial charge in [0.15, 0.2) is 5.16 Å². The smallest absolute Gasteiger partial charge is 0.269 e. The lowest BCUT2D eigenvalue weighted by Crippen LogP contribution is -2.21. The molecule has 0 aliphatic carbocycles. The van der Waals surface area contributed by atoms with Gasteiger partial charge in [0, 0.05) is 17.2 Å². The molecule has 0 fully saturated rings. The first kappa shape index (κ1) is 23.5. The maximum absolute atomic E-state index is 12.4. The molecule has 1 heterocycles. The second-order valence-electron chi connectivity index (χ2n) is 7.39. The Morgan fingerprint density at radius 3 is 2.56 bits per heavy atom. The second kappa shape index (κ2) is 10.5. The number of nitrogens with zero attached hydrogens (tertiary/aromatic N) is 4. The molecular formula is C24H20ClN5O3S. The molecule has 172 valence electrons. The van der Waals surface area contributed by atoms with Gasteiger partial charge in [-0.1, -0.05) is 53.7 Å². The molecule has 4 aromatic rings. The standard InChI is InChI=1S/C24H20ClN5O3S/c1-16(17-10-12-19(13-11-17)30(32)33)27-28-23(31)15-34-24-26-21-8-4-5-9-22(21)29(24)14-18-6-2-3-7-20(18)25/h2-13H,14-15H2,1H3,(H,28,31)/b27-16-. The number of para-hydroxylation sites is 2. The van der Waals surface area contributed by atoms with Gasteiger partial charge in [0.2, 0.25) is 0 Å². The van der Waals surface area contributed by atoms with Gasteiger partial charge < -0.3 is 4.57 Å². The van der Waals surface area contributed by atoms with Crippen molar-refractivity contribution in [1.29, 1.82) is 0 Å². The quantitative estimate of drug-likeness (QED) is 0.156. The van der Waals surface area contributed by atoms with Gasteiger partial charge >= 0.3 is 0 Å². The summed E-state index contributed by atoms with van der Waals surface area (Å²) in [5.74, 6) is -0.175. The van der Waals surface area contributed by atoms with Crippen LogP contribution < -0.4 is 5.43 Å². The first-order valence-corrected chi connectivity index (χ1v) is 11.7. The van der Waals surface area contributed by atoms with Crippen molar-refractivity contribution in [3.8, 4) is 0 Å². The summed E-state index contributed by atoms with van der Waals surface area (Å²) in [6.45, 7) is 2.25. The molecule has 3 aromatic carbocycles. The number of benzene rings is 3. The Labute approximate surface area is 204 Å². The van der Waals surface area contributed by atoms with Crippen molar-refractivity contribution in [3.05, 3.63) is 99.1 Å². The van der Waals surface area contributed by atoms with E-state index in [1.165, 1.54) is 23.9 Å². The zero-order chi connectivity index (χ0) is 24.1. The minimum atomic E-state index is -0.464. The summed E-state index contributed by atoms with van der Waals surface area (Å²) in [7, 11) is 0. The van der Waals surface area contributed by atoms with E-state index in [4.69, 9.17) is 11.6 Å². The molecule has 4 rings (SSSR count). The molecule has 34 heavy (non-hydrogen) atoms. The van der Waals surface area contributed by atoms with Crippen molar-refractivity contribution in [2.75, 3.05) is 5.75 Å². The predicted octanol–water partition coefficient (Wildman–Crippen LogP) is 5.28. The summed E-state index contributed by atoms with van der Waals surface area (Å²) >= 11 is 7.68. The number of carbonyl (C=O) groups excluding carboxylic acids is 1. The topological polar surface area (TPSA) is 102 Å². The van der Waals surface area contributed by atoms with Crippen LogP contribution in [0.1, 0.15) is 18.1 Å². The van der Waals surface area contributed by atoms with E-state index in [9.17, 15) is 14.9 Å². The highest BCUT2D eigenvalue weighted by molar-refractivity contribution is 7.99.